The van der Waals surface area contributed by atoms with E-state index in [1.807, 2.05) is 58.2 Å². The van der Waals surface area contributed by atoms with Gasteiger partial charge in [-0.15, -0.1) is 11.3 Å². The fourth-order valence-electron chi connectivity index (χ4n) is 2.58. The molecule has 1 aromatic carbocycles. The number of amides is 1. The molecule has 0 spiro atoms. The molecular weight excluding hydrogens is 396 g/mol. The third-order valence-corrected chi connectivity index (χ3v) is 4.95. The summed E-state index contributed by atoms with van der Waals surface area (Å²) in [5.41, 5.74) is 2.55. The number of benzene rings is 1. The second kappa shape index (κ2) is 10.7. The van der Waals surface area contributed by atoms with Crippen LogP contribution in [-0.4, -0.2) is 22.5 Å². The minimum Gasteiger partial charge on any atom is -0.444 e. The molecule has 0 saturated carbocycles. The summed E-state index contributed by atoms with van der Waals surface area (Å²) in [6.07, 6.45) is 8.35. The van der Waals surface area contributed by atoms with Crippen molar-refractivity contribution in [3.63, 3.8) is 0 Å². The zero-order valence-corrected chi connectivity index (χ0v) is 19.1. The van der Waals surface area contributed by atoms with E-state index in [0.29, 0.717) is 5.84 Å². The highest BCUT2D eigenvalue weighted by atomic mass is 32.1. The Balaban J connectivity index is 2.00. The monoisotopic (exact) mass is 426 g/mol. The van der Waals surface area contributed by atoms with E-state index < -0.39 is 11.7 Å². The molecule has 1 aromatic heterocycles. The van der Waals surface area contributed by atoms with Crippen molar-refractivity contribution < 1.29 is 9.53 Å². The average molecular weight is 427 g/mol. The van der Waals surface area contributed by atoms with Gasteiger partial charge in [0.1, 0.15) is 11.4 Å². The van der Waals surface area contributed by atoms with Crippen LogP contribution in [-0.2, 0) is 17.6 Å². The quantitative estimate of drug-likeness (QED) is 0.413. The van der Waals surface area contributed by atoms with E-state index in [1.54, 1.807) is 23.6 Å². The van der Waals surface area contributed by atoms with E-state index >= 15 is 0 Å². The molecule has 2 rings (SSSR count). The van der Waals surface area contributed by atoms with E-state index in [-0.39, 0.29) is 0 Å². The molecule has 2 N–H and O–H groups in total. The highest BCUT2D eigenvalue weighted by Gasteiger charge is 2.16. The summed E-state index contributed by atoms with van der Waals surface area (Å²) >= 11 is 1.59. The molecule has 0 atom stereocenters. The number of aromatic nitrogens is 1. The van der Waals surface area contributed by atoms with Crippen LogP contribution in [0.2, 0.25) is 0 Å². The summed E-state index contributed by atoms with van der Waals surface area (Å²) in [5, 5.41) is 6.76. The van der Waals surface area contributed by atoms with Crippen molar-refractivity contribution in [3.8, 4) is 0 Å². The number of hydrogen-bond donors (Lipinski definition) is 2. The molecule has 1 amide bonds. The molecule has 0 fully saturated rings. The second-order valence-electron chi connectivity index (χ2n) is 7.73. The van der Waals surface area contributed by atoms with Gasteiger partial charge in [0.05, 0.1) is 0 Å². The summed E-state index contributed by atoms with van der Waals surface area (Å²) in [7, 11) is 0. The van der Waals surface area contributed by atoms with Crippen molar-refractivity contribution in [1.82, 2.24) is 4.98 Å². The number of allylic oxidation sites excluding steroid dienone is 1. The summed E-state index contributed by atoms with van der Waals surface area (Å²) in [6.45, 7) is 13.3. The van der Waals surface area contributed by atoms with Gasteiger partial charge in [-0.3, -0.25) is 5.32 Å². The van der Waals surface area contributed by atoms with Crippen LogP contribution in [0.4, 0.5) is 15.6 Å². The number of thiazole rings is 1. The number of aryl methyl sites for hydroxylation is 3. The van der Waals surface area contributed by atoms with Crippen molar-refractivity contribution in [2.24, 2.45) is 4.99 Å². The van der Waals surface area contributed by atoms with Crippen LogP contribution in [0.1, 0.15) is 43.7 Å². The van der Waals surface area contributed by atoms with Crippen LogP contribution >= 0.6 is 11.3 Å². The Morgan fingerprint density at radius 3 is 2.73 bits per heavy atom. The standard InChI is InChI=1S/C23H30N4O2S/c1-7-13-24-20(8-2)27-21-25-15-19(30-21)12-10-17-14-18(11-9-16(17)3)26-22(28)29-23(4,5)6/h7-9,11,13-15H,2,10,12H2,1,3-6H3,(H,26,28)(H,24,25,27)/b13-7-. The van der Waals surface area contributed by atoms with Crippen LogP contribution in [0.25, 0.3) is 0 Å². The summed E-state index contributed by atoms with van der Waals surface area (Å²) < 4.78 is 5.32. The van der Waals surface area contributed by atoms with Gasteiger partial charge in [0.2, 0.25) is 0 Å². The predicted molar refractivity (Wildman–Crippen MR) is 127 cm³/mol. The molecule has 6 nitrogen and oxygen atoms in total. The molecule has 0 saturated heterocycles. The Morgan fingerprint density at radius 2 is 2.07 bits per heavy atom. The van der Waals surface area contributed by atoms with E-state index in [1.165, 1.54) is 11.1 Å². The number of carbonyl (C=O) groups is 1. The molecule has 30 heavy (non-hydrogen) atoms. The lowest BCUT2D eigenvalue weighted by molar-refractivity contribution is 0.0636. The fourth-order valence-corrected chi connectivity index (χ4v) is 3.40. The molecule has 0 aliphatic heterocycles. The minimum absolute atomic E-state index is 0.451. The lowest BCUT2D eigenvalue weighted by Crippen LogP contribution is -2.27. The zero-order valence-electron chi connectivity index (χ0n) is 18.3. The average Bonchev–Trinajstić information content (AvgIpc) is 3.11. The third-order valence-electron chi connectivity index (χ3n) is 3.98. The summed E-state index contributed by atoms with van der Waals surface area (Å²) in [4.78, 5) is 21.9. The summed E-state index contributed by atoms with van der Waals surface area (Å²) in [5.74, 6) is 0.658. The molecule has 0 unspecified atom stereocenters. The number of carbonyl (C=O) groups excluding carboxylic acids is 1. The lowest BCUT2D eigenvalue weighted by Gasteiger charge is -2.20. The normalized spacial score (nSPS) is 12.1. The minimum atomic E-state index is -0.529. The maximum Gasteiger partial charge on any atom is 0.412 e. The second-order valence-corrected chi connectivity index (χ2v) is 8.84. The van der Waals surface area contributed by atoms with Crippen LogP contribution in [0.5, 0.6) is 0 Å². The van der Waals surface area contributed by atoms with Crippen LogP contribution in [0.3, 0.4) is 0 Å². The van der Waals surface area contributed by atoms with Crippen LogP contribution in [0.15, 0.2) is 54.3 Å². The number of anilines is 2. The molecule has 0 bridgehead atoms. The maximum absolute atomic E-state index is 12.0. The molecule has 7 heteroatoms. The van der Waals surface area contributed by atoms with Crippen molar-refractivity contribution in [2.45, 2.75) is 53.1 Å². The molecule has 0 aliphatic rings. The van der Waals surface area contributed by atoms with Gasteiger partial charge in [-0.25, -0.2) is 14.8 Å². The van der Waals surface area contributed by atoms with Crippen molar-refractivity contribution in [2.75, 3.05) is 10.6 Å². The Morgan fingerprint density at radius 1 is 1.30 bits per heavy atom. The fraction of sp³-hybridized carbons (Fsp3) is 0.348. The number of aliphatic imine (C=N–C) groups is 1. The van der Waals surface area contributed by atoms with Gasteiger partial charge < -0.3 is 10.1 Å². The Bertz CT molecular complexity index is 939. The maximum atomic E-state index is 12.0. The van der Waals surface area contributed by atoms with Crippen molar-refractivity contribution >= 4 is 34.1 Å². The Hall–Kier alpha value is -2.93. The number of rotatable bonds is 7. The first-order valence-corrected chi connectivity index (χ1v) is 10.6. The van der Waals surface area contributed by atoms with Crippen molar-refractivity contribution in [3.05, 3.63) is 65.3 Å². The van der Waals surface area contributed by atoms with E-state index in [0.717, 1.165) is 28.5 Å². The van der Waals surface area contributed by atoms with E-state index in [4.69, 9.17) is 4.74 Å². The molecular formula is C23H30N4O2S. The molecule has 0 radical (unpaired) electrons. The van der Waals surface area contributed by atoms with Gasteiger partial charge in [-0.05, 0) is 76.8 Å². The number of hydrogen-bond acceptors (Lipinski definition) is 5. The van der Waals surface area contributed by atoms with Gasteiger partial charge in [-0.2, -0.15) is 0 Å². The molecule has 1 heterocycles. The topological polar surface area (TPSA) is 75.6 Å². The van der Waals surface area contributed by atoms with Crippen molar-refractivity contribution in [1.29, 1.82) is 0 Å². The largest absolute Gasteiger partial charge is 0.444 e. The van der Waals surface area contributed by atoms with Gasteiger partial charge in [-0.1, -0.05) is 18.7 Å². The summed E-state index contributed by atoms with van der Waals surface area (Å²) in [6, 6.07) is 5.90. The Kier molecular flexibility index (Phi) is 8.35. The number of nitrogens with one attached hydrogen (secondary N) is 2. The lowest BCUT2D eigenvalue weighted by atomic mass is 10.0. The van der Waals surface area contributed by atoms with Crippen LogP contribution in [0, 0.1) is 6.92 Å². The predicted octanol–water partition coefficient (Wildman–Crippen LogP) is 6.11. The van der Waals surface area contributed by atoms with Gasteiger partial charge in [0, 0.05) is 23.0 Å². The molecule has 2 aromatic rings. The number of amidine groups is 1. The SMILES string of the molecule is C=CC(=N/C=C\C)Nc1ncc(CCc2cc(NC(=O)OC(C)(C)C)ccc2C)s1. The first-order valence-electron chi connectivity index (χ1n) is 9.83. The third kappa shape index (κ3) is 7.83. The Labute approximate surface area is 182 Å². The highest BCUT2D eigenvalue weighted by Crippen LogP contribution is 2.23. The first kappa shape index (κ1) is 23.3. The first-order chi connectivity index (χ1) is 14.2. The van der Waals surface area contributed by atoms with Gasteiger partial charge >= 0.3 is 6.09 Å². The van der Waals surface area contributed by atoms with Gasteiger partial charge in [0.15, 0.2) is 5.13 Å². The molecule has 0 aliphatic carbocycles. The van der Waals surface area contributed by atoms with E-state index in [2.05, 4.69) is 34.1 Å². The molecule has 160 valence electrons. The number of nitrogens with zero attached hydrogens (tertiary/aromatic N) is 2. The zero-order chi connectivity index (χ0) is 22.1. The highest BCUT2D eigenvalue weighted by molar-refractivity contribution is 7.15. The van der Waals surface area contributed by atoms with Crippen LogP contribution < -0.4 is 10.6 Å². The van der Waals surface area contributed by atoms with Gasteiger partial charge in [0.25, 0.3) is 0 Å². The smallest absolute Gasteiger partial charge is 0.412 e. The van der Waals surface area contributed by atoms with E-state index in [9.17, 15) is 4.79 Å². The number of ether oxygens (including phenoxy) is 1.